The van der Waals surface area contributed by atoms with Crippen LogP contribution in [0.5, 0.6) is 0 Å². The summed E-state index contributed by atoms with van der Waals surface area (Å²) in [5.41, 5.74) is 4.96. The summed E-state index contributed by atoms with van der Waals surface area (Å²) in [7, 11) is -3.82. The molecule has 0 saturated carbocycles. The standard InChI is InChI=1S/C27H28N4O3S2/c1-18-8-10-22(11-9-18)36(33,34)31-13-5-7-24(31)26(32)30(17-21-6-4-12-28-16-21)27-29-23-14-19(2)20(3)15-25(23)35-27/h4,6,8-12,14-16,24H,5,7,13,17H2,1-3H3. The molecule has 0 bridgehead atoms. The molecule has 0 N–H and O–H groups in total. The maximum atomic E-state index is 14.1. The van der Waals surface area contributed by atoms with Gasteiger partial charge in [0.25, 0.3) is 0 Å². The highest BCUT2D eigenvalue weighted by atomic mass is 32.2. The fourth-order valence-corrected chi connectivity index (χ4v) is 7.20. The molecule has 0 aliphatic carbocycles. The Bertz CT molecular complexity index is 1480. The first kappa shape index (κ1) is 24.5. The Morgan fingerprint density at radius 3 is 2.58 bits per heavy atom. The minimum Gasteiger partial charge on any atom is -0.282 e. The van der Waals surface area contributed by atoms with Crippen molar-refractivity contribution in [2.75, 3.05) is 11.4 Å². The van der Waals surface area contributed by atoms with E-state index in [0.29, 0.717) is 24.5 Å². The lowest BCUT2D eigenvalue weighted by atomic mass is 10.1. The zero-order valence-electron chi connectivity index (χ0n) is 20.5. The van der Waals surface area contributed by atoms with Crippen LogP contribution >= 0.6 is 11.3 Å². The minimum absolute atomic E-state index is 0.206. The molecule has 1 atom stereocenters. The third-order valence-corrected chi connectivity index (χ3v) is 9.63. The Kier molecular flexibility index (Phi) is 6.63. The number of aryl methyl sites for hydroxylation is 3. The van der Waals surface area contributed by atoms with Gasteiger partial charge in [0, 0.05) is 18.9 Å². The van der Waals surface area contributed by atoms with Crippen LogP contribution < -0.4 is 4.90 Å². The normalized spacial score (nSPS) is 16.5. The summed E-state index contributed by atoms with van der Waals surface area (Å²) in [6.45, 7) is 6.58. The average Bonchev–Trinajstić information content (AvgIpc) is 3.51. The van der Waals surface area contributed by atoms with Crippen LogP contribution in [0.4, 0.5) is 5.13 Å². The molecule has 1 amide bonds. The SMILES string of the molecule is Cc1ccc(S(=O)(=O)N2CCCC2C(=O)N(Cc2cccnc2)c2nc3cc(C)c(C)cc3s2)cc1. The van der Waals surface area contributed by atoms with Gasteiger partial charge in [0.2, 0.25) is 15.9 Å². The predicted octanol–water partition coefficient (Wildman–Crippen LogP) is 5.00. The molecule has 4 aromatic rings. The van der Waals surface area contributed by atoms with Crippen molar-refractivity contribution in [2.24, 2.45) is 0 Å². The molecule has 7 nitrogen and oxygen atoms in total. The van der Waals surface area contributed by atoms with Gasteiger partial charge in [-0.25, -0.2) is 13.4 Å². The third kappa shape index (κ3) is 4.66. The molecule has 3 heterocycles. The molecule has 186 valence electrons. The number of sulfonamides is 1. The number of carbonyl (C=O) groups is 1. The highest BCUT2D eigenvalue weighted by Crippen LogP contribution is 2.34. The van der Waals surface area contributed by atoms with Crippen molar-refractivity contribution < 1.29 is 13.2 Å². The van der Waals surface area contributed by atoms with Crippen LogP contribution in [0.25, 0.3) is 10.2 Å². The Hall–Kier alpha value is -3.14. The first-order valence-electron chi connectivity index (χ1n) is 11.9. The number of carbonyl (C=O) groups excluding carboxylic acids is 1. The first-order valence-corrected chi connectivity index (χ1v) is 14.2. The largest absolute Gasteiger partial charge is 0.282 e. The summed E-state index contributed by atoms with van der Waals surface area (Å²) in [5.74, 6) is -0.264. The zero-order valence-corrected chi connectivity index (χ0v) is 22.1. The molecule has 2 aromatic carbocycles. The number of nitrogens with zero attached hydrogens (tertiary/aromatic N) is 4. The van der Waals surface area contributed by atoms with Crippen LogP contribution in [0.15, 0.2) is 65.8 Å². The number of hydrogen-bond donors (Lipinski definition) is 0. The molecule has 1 unspecified atom stereocenters. The summed E-state index contributed by atoms with van der Waals surface area (Å²) < 4.78 is 29.4. The maximum absolute atomic E-state index is 14.1. The molecule has 1 fully saturated rings. The number of amides is 1. The van der Waals surface area contributed by atoms with Crippen molar-refractivity contribution in [3.05, 3.63) is 83.2 Å². The van der Waals surface area contributed by atoms with E-state index in [9.17, 15) is 13.2 Å². The lowest BCUT2D eigenvalue weighted by Crippen LogP contribution is -2.47. The van der Waals surface area contributed by atoms with Gasteiger partial charge in [0.15, 0.2) is 5.13 Å². The fourth-order valence-electron chi connectivity index (χ4n) is 4.50. The number of fused-ring (bicyclic) bond motifs is 1. The molecule has 1 aliphatic rings. The van der Waals surface area contributed by atoms with E-state index in [1.165, 1.54) is 15.6 Å². The van der Waals surface area contributed by atoms with Gasteiger partial charge in [0.05, 0.1) is 21.7 Å². The van der Waals surface area contributed by atoms with Gasteiger partial charge >= 0.3 is 0 Å². The van der Waals surface area contributed by atoms with Gasteiger partial charge in [-0.15, -0.1) is 0 Å². The summed E-state index contributed by atoms with van der Waals surface area (Å²) in [4.78, 5) is 24.9. The van der Waals surface area contributed by atoms with E-state index < -0.39 is 16.1 Å². The molecule has 5 rings (SSSR count). The van der Waals surface area contributed by atoms with Crippen LogP contribution in [0.1, 0.15) is 35.1 Å². The third-order valence-electron chi connectivity index (χ3n) is 6.67. The Morgan fingerprint density at radius 2 is 1.86 bits per heavy atom. The molecule has 2 aromatic heterocycles. The van der Waals surface area contributed by atoms with Gasteiger partial charge in [-0.3, -0.25) is 14.7 Å². The summed E-state index contributed by atoms with van der Waals surface area (Å²) in [6, 6.07) is 13.8. The van der Waals surface area contributed by atoms with E-state index in [-0.39, 0.29) is 17.3 Å². The number of rotatable bonds is 6. The molecule has 9 heteroatoms. The highest BCUT2D eigenvalue weighted by molar-refractivity contribution is 7.89. The van der Waals surface area contributed by atoms with Crippen molar-refractivity contribution in [3.8, 4) is 0 Å². The second-order valence-corrected chi connectivity index (χ2v) is 12.2. The number of hydrogen-bond acceptors (Lipinski definition) is 6. The van der Waals surface area contributed by atoms with Crippen LogP contribution in [-0.4, -0.2) is 41.2 Å². The Balaban J connectivity index is 1.53. The predicted molar refractivity (Wildman–Crippen MR) is 143 cm³/mol. The van der Waals surface area contributed by atoms with Gasteiger partial charge in [-0.2, -0.15) is 4.31 Å². The van der Waals surface area contributed by atoms with Gasteiger partial charge in [-0.05, 0) is 80.6 Å². The van der Waals surface area contributed by atoms with E-state index in [4.69, 9.17) is 4.98 Å². The number of aromatic nitrogens is 2. The zero-order chi connectivity index (χ0) is 25.4. The average molecular weight is 521 g/mol. The van der Waals surface area contributed by atoms with Crippen molar-refractivity contribution in [3.63, 3.8) is 0 Å². The van der Waals surface area contributed by atoms with E-state index in [1.807, 2.05) is 32.0 Å². The quantitative estimate of drug-likeness (QED) is 0.357. The summed E-state index contributed by atoms with van der Waals surface area (Å²) >= 11 is 1.45. The van der Waals surface area contributed by atoms with Crippen molar-refractivity contribution in [1.29, 1.82) is 0 Å². The lowest BCUT2D eigenvalue weighted by Gasteiger charge is -2.28. The molecule has 1 saturated heterocycles. The van der Waals surface area contributed by atoms with Crippen molar-refractivity contribution in [1.82, 2.24) is 14.3 Å². The van der Waals surface area contributed by atoms with Gasteiger partial charge < -0.3 is 0 Å². The number of benzene rings is 2. The van der Waals surface area contributed by atoms with E-state index >= 15 is 0 Å². The first-order chi connectivity index (χ1) is 17.2. The molecule has 0 spiro atoms. The smallest absolute Gasteiger partial charge is 0.247 e. The Morgan fingerprint density at radius 1 is 1.11 bits per heavy atom. The van der Waals surface area contributed by atoms with Crippen LogP contribution in [-0.2, 0) is 21.4 Å². The molecule has 1 aliphatic heterocycles. The number of thiazole rings is 1. The van der Waals surface area contributed by atoms with Crippen LogP contribution in [0.3, 0.4) is 0 Å². The summed E-state index contributed by atoms with van der Waals surface area (Å²) in [5, 5.41) is 0.559. The molecule has 0 radical (unpaired) electrons. The molecular formula is C27H28N4O3S2. The van der Waals surface area contributed by atoms with Gasteiger partial charge in [-0.1, -0.05) is 35.1 Å². The highest BCUT2D eigenvalue weighted by Gasteiger charge is 2.42. The van der Waals surface area contributed by atoms with Crippen LogP contribution in [0.2, 0.25) is 0 Å². The second-order valence-electron chi connectivity index (χ2n) is 9.27. The van der Waals surface area contributed by atoms with E-state index in [0.717, 1.165) is 32.5 Å². The number of anilines is 1. The number of pyridine rings is 1. The van der Waals surface area contributed by atoms with Crippen LogP contribution in [0, 0.1) is 20.8 Å². The van der Waals surface area contributed by atoms with Crippen molar-refractivity contribution in [2.45, 2.75) is 51.1 Å². The maximum Gasteiger partial charge on any atom is 0.247 e. The second kappa shape index (κ2) is 9.72. The minimum atomic E-state index is -3.82. The monoisotopic (exact) mass is 520 g/mol. The van der Waals surface area contributed by atoms with E-state index in [1.54, 1.807) is 41.6 Å². The van der Waals surface area contributed by atoms with Gasteiger partial charge in [0.1, 0.15) is 6.04 Å². The molecule has 36 heavy (non-hydrogen) atoms. The van der Waals surface area contributed by atoms with E-state index in [2.05, 4.69) is 18.0 Å². The topological polar surface area (TPSA) is 83.5 Å². The fraction of sp³-hybridized carbons (Fsp3) is 0.296. The van der Waals surface area contributed by atoms with Crippen molar-refractivity contribution >= 4 is 42.6 Å². The Labute approximate surface area is 215 Å². The molecular weight excluding hydrogens is 492 g/mol. The summed E-state index contributed by atoms with van der Waals surface area (Å²) in [6.07, 6.45) is 4.50. The lowest BCUT2D eigenvalue weighted by molar-refractivity contribution is -0.121.